The van der Waals surface area contributed by atoms with Crippen molar-refractivity contribution in [3.63, 3.8) is 0 Å². The summed E-state index contributed by atoms with van der Waals surface area (Å²) in [6, 6.07) is 0. The molecule has 36 heavy (non-hydrogen) atoms. The summed E-state index contributed by atoms with van der Waals surface area (Å²) < 4.78 is 9.97. The Kier molecular flexibility index (Phi) is 27.5. The fraction of sp³-hybridized carbons (Fsp3) is 0.933. The first-order valence-corrected chi connectivity index (χ1v) is 15.1. The maximum atomic E-state index is 11.7. The van der Waals surface area contributed by atoms with Crippen LogP contribution >= 0.6 is 0 Å². The van der Waals surface area contributed by atoms with Gasteiger partial charge in [-0.15, -0.1) is 0 Å². The Bertz CT molecular complexity index is 488. The molecule has 6 heteroatoms. The van der Waals surface area contributed by atoms with Gasteiger partial charge >= 0.3 is 0 Å². The predicted octanol–water partition coefficient (Wildman–Crippen LogP) is 6.95. The van der Waals surface area contributed by atoms with Gasteiger partial charge in [-0.2, -0.15) is 0 Å². The van der Waals surface area contributed by atoms with Crippen molar-refractivity contribution in [2.24, 2.45) is 5.92 Å². The van der Waals surface area contributed by atoms with Crippen LogP contribution in [0.15, 0.2) is 0 Å². The third kappa shape index (κ3) is 27.4. The van der Waals surface area contributed by atoms with E-state index in [1.54, 1.807) is 14.2 Å². The smallest absolute Gasteiger partial charge is 0.219 e. The highest BCUT2D eigenvalue weighted by Gasteiger charge is 2.04. The SMILES string of the molecule is COCCCNC(=O)CCCCCCCCCCCCC(C)CCCCCCC(=O)NCCCOC. The van der Waals surface area contributed by atoms with Crippen molar-refractivity contribution < 1.29 is 19.1 Å². The van der Waals surface area contributed by atoms with Gasteiger partial charge in [-0.3, -0.25) is 9.59 Å². The maximum absolute atomic E-state index is 11.7. The van der Waals surface area contributed by atoms with Gasteiger partial charge in [-0.05, 0) is 31.6 Å². The number of methoxy groups -OCH3 is 2. The Morgan fingerprint density at radius 2 is 0.861 bits per heavy atom. The lowest BCUT2D eigenvalue weighted by Gasteiger charge is -2.11. The van der Waals surface area contributed by atoms with Crippen LogP contribution in [0.3, 0.4) is 0 Å². The predicted molar refractivity (Wildman–Crippen MR) is 151 cm³/mol. The number of amides is 2. The van der Waals surface area contributed by atoms with E-state index >= 15 is 0 Å². The fourth-order valence-electron chi connectivity index (χ4n) is 4.53. The molecule has 0 aliphatic heterocycles. The Morgan fingerprint density at radius 3 is 1.22 bits per heavy atom. The summed E-state index contributed by atoms with van der Waals surface area (Å²) in [6.07, 6.45) is 23.5. The molecular weight excluding hydrogens is 452 g/mol. The third-order valence-corrected chi connectivity index (χ3v) is 6.90. The molecule has 0 aromatic carbocycles. The number of carbonyl (C=O) groups excluding carboxylic acids is 2. The third-order valence-electron chi connectivity index (χ3n) is 6.90. The average Bonchev–Trinajstić information content (AvgIpc) is 2.87. The molecule has 1 unspecified atom stereocenters. The number of rotatable bonds is 28. The van der Waals surface area contributed by atoms with Crippen molar-refractivity contribution in [2.75, 3.05) is 40.5 Å². The number of hydrogen-bond donors (Lipinski definition) is 2. The standard InChI is InChI=1S/C30H60N2O4/c1-28(21-15-12-13-17-23-30(34)32-25-19-27-36-3)20-14-10-8-6-4-5-7-9-11-16-22-29(33)31-24-18-26-35-2/h28H,4-27H2,1-3H3,(H,31,33)(H,32,34). The van der Waals surface area contributed by atoms with E-state index in [4.69, 9.17) is 9.47 Å². The van der Waals surface area contributed by atoms with Crippen LogP contribution in [0, 0.1) is 5.92 Å². The van der Waals surface area contributed by atoms with E-state index in [1.807, 2.05) is 0 Å². The molecule has 0 aromatic heterocycles. The first kappa shape index (κ1) is 34.9. The van der Waals surface area contributed by atoms with Crippen molar-refractivity contribution in [1.82, 2.24) is 10.6 Å². The molecular formula is C30H60N2O4. The van der Waals surface area contributed by atoms with E-state index < -0.39 is 0 Å². The second-order valence-corrected chi connectivity index (χ2v) is 10.5. The van der Waals surface area contributed by atoms with Crippen LogP contribution in [0.25, 0.3) is 0 Å². The maximum Gasteiger partial charge on any atom is 0.219 e. The van der Waals surface area contributed by atoms with Gasteiger partial charge in [0.15, 0.2) is 0 Å². The van der Waals surface area contributed by atoms with Crippen LogP contribution < -0.4 is 10.6 Å². The average molecular weight is 513 g/mol. The molecule has 0 saturated carbocycles. The second kappa shape index (κ2) is 28.4. The highest BCUT2D eigenvalue weighted by molar-refractivity contribution is 5.76. The zero-order valence-electron chi connectivity index (χ0n) is 24.2. The largest absolute Gasteiger partial charge is 0.385 e. The molecule has 0 saturated heterocycles. The van der Waals surface area contributed by atoms with E-state index in [0.29, 0.717) is 26.1 Å². The van der Waals surface area contributed by atoms with Crippen LogP contribution in [-0.4, -0.2) is 52.3 Å². The molecule has 0 radical (unpaired) electrons. The van der Waals surface area contributed by atoms with Gasteiger partial charge in [0, 0.05) is 53.4 Å². The van der Waals surface area contributed by atoms with Crippen molar-refractivity contribution in [1.29, 1.82) is 0 Å². The fourth-order valence-corrected chi connectivity index (χ4v) is 4.53. The van der Waals surface area contributed by atoms with Crippen molar-refractivity contribution >= 4 is 11.8 Å². The van der Waals surface area contributed by atoms with E-state index in [0.717, 1.165) is 44.7 Å². The Balaban J connectivity index is 3.28. The zero-order chi connectivity index (χ0) is 26.5. The highest BCUT2D eigenvalue weighted by atomic mass is 16.5. The van der Waals surface area contributed by atoms with Gasteiger partial charge in [-0.25, -0.2) is 0 Å². The summed E-state index contributed by atoms with van der Waals surface area (Å²) >= 11 is 0. The van der Waals surface area contributed by atoms with Crippen molar-refractivity contribution in [3.05, 3.63) is 0 Å². The van der Waals surface area contributed by atoms with Crippen LogP contribution in [0.2, 0.25) is 0 Å². The molecule has 0 spiro atoms. The quantitative estimate of drug-likeness (QED) is 0.111. The normalized spacial score (nSPS) is 12.0. The molecule has 1 atom stereocenters. The summed E-state index contributed by atoms with van der Waals surface area (Å²) in [5.74, 6) is 1.21. The van der Waals surface area contributed by atoms with E-state index in [-0.39, 0.29) is 11.8 Å². The lowest BCUT2D eigenvalue weighted by molar-refractivity contribution is -0.122. The minimum absolute atomic E-state index is 0.186. The molecule has 2 amide bonds. The zero-order valence-corrected chi connectivity index (χ0v) is 24.2. The minimum Gasteiger partial charge on any atom is -0.385 e. The van der Waals surface area contributed by atoms with Crippen LogP contribution in [0.4, 0.5) is 0 Å². The number of unbranched alkanes of at least 4 members (excludes halogenated alkanes) is 12. The van der Waals surface area contributed by atoms with Crippen LogP contribution in [0.1, 0.15) is 135 Å². The van der Waals surface area contributed by atoms with Crippen molar-refractivity contribution in [3.8, 4) is 0 Å². The molecule has 6 nitrogen and oxygen atoms in total. The molecule has 0 aliphatic rings. The van der Waals surface area contributed by atoms with Gasteiger partial charge in [-0.1, -0.05) is 96.8 Å². The first-order valence-electron chi connectivity index (χ1n) is 15.1. The lowest BCUT2D eigenvalue weighted by Crippen LogP contribution is -2.24. The van der Waals surface area contributed by atoms with Crippen LogP contribution in [-0.2, 0) is 19.1 Å². The Hall–Kier alpha value is -1.14. The second-order valence-electron chi connectivity index (χ2n) is 10.5. The first-order chi connectivity index (χ1) is 17.6. The molecule has 0 bridgehead atoms. The molecule has 0 aliphatic carbocycles. The molecule has 0 rings (SSSR count). The summed E-state index contributed by atoms with van der Waals surface area (Å²) in [7, 11) is 3.38. The van der Waals surface area contributed by atoms with Gasteiger partial charge in [0.05, 0.1) is 0 Å². The topological polar surface area (TPSA) is 76.7 Å². The van der Waals surface area contributed by atoms with E-state index in [9.17, 15) is 9.59 Å². The van der Waals surface area contributed by atoms with E-state index in [1.165, 1.54) is 89.9 Å². The van der Waals surface area contributed by atoms with Gasteiger partial charge < -0.3 is 20.1 Å². The van der Waals surface area contributed by atoms with Gasteiger partial charge in [0.2, 0.25) is 11.8 Å². The monoisotopic (exact) mass is 512 g/mol. The highest BCUT2D eigenvalue weighted by Crippen LogP contribution is 2.18. The summed E-state index contributed by atoms with van der Waals surface area (Å²) in [6.45, 7) is 5.27. The minimum atomic E-state index is 0.186. The molecule has 214 valence electrons. The molecule has 0 heterocycles. The number of carbonyl (C=O) groups is 2. The molecule has 2 N–H and O–H groups in total. The lowest BCUT2D eigenvalue weighted by atomic mass is 9.96. The van der Waals surface area contributed by atoms with Gasteiger partial charge in [0.1, 0.15) is 0 Å². The number of hydrogen-bond acceptors (Lipinski definition) is 4. The Morgan fingerprint density at radius 1 is 0.528 bits per heavy atom. The summed E-state index contributed by atoms with van der Waals surface area (Å²) in [5.41, 5.74) is 0. The summed E-state index contributed by atoms with van der Waals surface area (Å²) in [5, 5.41) is 5.91. The number of nitrogens with one attached hydrogen (secondary N) is 2. The molecule has 0 fully saturated rings. The van der Waals surface area contributed by atoms with Crippen molar-refractivity contribution in [2.45, 2.75) is 135 Å². The summed E-state index contributed by atoms with van der Waals surface area (Å²) in [4.78, 5) is 23.4. The van der Waals surface area contributed by atoms with Gasteiger partial charge in [0.25, 0.3) is 0 Å². The van der Waals surface area contributed by atoms with Crippen LogP contribution in [0.5, 0.6) is 0 Å². The van der Waals surface area contributed by atoms with E-state index in [2.05, 4.69) is 17.6 Å². The molecule has 0 aromatic rings. The Labute approximate surface area is 223 Å². The number of ether oxygens (including phenoxy) is 2.